The van der Waals surface area contributed by atoms with Gasteiger partial charge in [0, 0.05) is 12.1 Å². The summed E-state index contributed by atoms with van der Waals surface area (Å²) < 4.78 is 23.2. The second-order valence-corrected chi connectivity index (χ2v) is 3.12. The summed E-state index contributed by atoms with van der Waals surface area (Å²) in [5.41, 5.74) is 5.20. The van der Waals surface area contributed by atoms with Crippen molar-refractivity contribution in [2.75, 3.05) is 20.8 Å². The van der Waals surface area contributed by atoms with Gasteiger partial charge in [0.25, 0.3) is 0 Å². The van der Waals surface area contributed by atoms with Crippen molar-refractivity contribution < 1.29 is 24.1 Å². The monoisotopic (exact) mass is 231 g/mol. The molecular formula is C10H14FNO4. The number of aliphatic hydroxyl groups is 1. The molecule has 0 amide bonds. The van der Waals surface area contributed by atoms with E-state index in [1.54, 1.807) is 0 Å². The lowest BCUT2D eigenvalue weighted by molar-refractivity contribution is 0.180. The Bertz CT molecular complexity index is 384. The summed E-state index contributed by atoms with van der Waals surface area (Å²) in [6.45, 7) is -0.136. The maximum atomic E-state index is 13.6. The fraction of sp³-hybridized carbons (Fsp3) is 0.400. The molecule has 0 radical (unpaired) electrons. The Labute approximate surface area is 92.2 Å². The average molecular weight is 231 g/mol. The molecule has 0 spiro atoms. The molecule has 0 aliphatic heterocycles. The Morgan fingerprint density at radius 3 is 2.50 bits per heavy atom. The van der Waals surface area contributed by atoms with Crippen LogP contribution in [-0.4, -0.2) is 31.0 Å². The third kappa shape index (κ3) is 2.02. The molecule has 6 heteroatoms. The van der Waals surface area contributed by atoms with Crippen LogP contribution in [0.25, 0.3) is 0 Å². The number of nitrogens with two attached hydrogens (primary N) is 1. The van der Waals surface area contributed by atoms with Gasteiger partial charge in [-0.3, -0.25) is 0 Å². The molecule has 1 rings (SSSR count). The lowest BCUT2D eigenvalue weighted by Crippen LogP contribution is -2.12. The van der Waals surface area contributed by atoms with E-state index in [1.165, 1.54) is 20.3 Å². The Morgan fingerprint density at radius 2 is 2.06 bits per heavy atom. The topological polar surface area (TPSA) is 84.9 Å². The first-order chi connectivity index (χ1) is 7.56. The summed E-state index contributed by atoms with van der Waals surface area (Å²) in [5, 5.41) is 19.0. The van der Waals surface area contributed by atoms with Crippen molar-refractivity contribution >= 4 is 0 Å². The van der Waals surface area contributed by atoms with Gasteiger partial charge in [0.2, 0.25) is 11.6 Å². The molecule has 1 unspecified atom stereocenters. The van der Waals surface area contributed by atoms with Crippen LogP contribution in [0, 0.1) is 5.82 Å². The van der Waals surface area contributed by atoms with E-state index < -0.39 is 17.7 Å². The van der Waals surface area contributed by atoms with Crippen LogP contribution in [-0.2, 0) is 0 Å². The van der Waals surface area contributed by atoms with Crippen molar-refractivity contribution in [2.24, 2.45) is 5.73 Å². The lowest BCUT2D eigenvalue weighted by Gasteiger charge is -2.15. The molecule has 1 aromatic rings. The number of hydrogen-bond donors (Lipinski definition) is 3. The van der Waals surface area contributed by atoms with Crippen molar-refractivity contribution in [1.29, 1.82) is 0 Å². The van der Waals surface area contributed by atoms with Crippen LogP contribution in [0.4, 0.5) is 4.39 Å². The minimum absolute atomic E-state index is 0.0300. The molecule has 0 aliphatic rings. The van der Waals surface area contributed by atoms with Crippen LogP contribution in [0.3, 0.4) is 0 Å². The maximum absolute atomic E-state index is 13.6. The van der Waals surface area contributed by atoms with Crippen molar-refractivity contribution in [3.8, 4) is 17.2 Å². The zero-order valence-electron chi connectivity index (χ0n) is 9.03. The van der Waals surface area contributed by atoms with Crippen molar-refractivity contribution in [1.82, 2.24) is 0 Å². The number of aromatic hydroxyl groups is 1. The molecule has 0 fully saturated rings. The first-order valence-corrected chi connectivity index (χ1v) is 4.58. The Morgan fingerprint density at radius 1 is 1.44 bits per heavy atom. The second kappa shape index (κ2) is 5.00. The van der Waals surface area contributed by atoms with Gasteiger partial charge in [-0.15, -0.1) is 0 Å². The predicted octanol–water partition coefficient (Wildman–Crippen LogP) is 0.541. The van der Waals surface area contributed by atoms with Crippen LogP contribution in [0.5, 0.6) is 17.2 Å². The van der Waals surface area contributed by atoms with Crippen LogP contribution < -0.4 is 15.2 Å². The van der Waals surface area contributed by atoms with Gasteiger partial charge in [-0.2, -0.15) is 4.39 Å². The van der Waals surface area contributed by atoms with Gasteiger partial charge in [-0.05, 0) is 6.07 Å². The minimum Gasteiger partial charge on any atom is -0.504 e. The van der Waals surface area contributed by atoms with Crippen molar-refractivity contribution in [3.05, 3.63) is 17.4 Å². The molecule has 0 saturated heterocycles. The quantitative estimate of drug-likeness (QED) is 0.704. The Kier molecular flexibility index (Phi) is 3.92. The van der Waals surface area contributed by atoms with Gasteiger partial charge in [-0.1, -0.05) is 0 Å². The normalized spacial score (nSPS) is 12.3. The molecule has 0 bridgehead atoms. The number of rotatable bonds is 4. The van der Waals surface area contributed by atoms with E-state index in [4.69, 9.17) is 15.2 Å². The van der Waals surface area contributed by atoms with Gasteiger partial charge in [-0.25, -0.2) is 0 Å². The smallest absolute Gasteiger partial charge is 0.210 e. The molecule has 4 N–H and O–H groups in total. The summed E-state index contributed by atoms with van der Waals surface area (Å²) in [6.07, 6.45) is -1.16. The number of hydrogen-bond acceptors (Lipinski definition) is 5. The van der Waals surface area contributed by atoms with Gasteiger partial charge in [0.1, 0.15) is 0 Å². The molecule has 0 aromatic heterocycles. The molecule has 5 nitrogen and oxygen atoms in total. The SMILES string of the molecule is COc1cc(C(O)CN)c(O)c(F)c1OC. The van der Waals surface area contributed by atoms with E-state index in [-0.39, 0.29) is 23.6 Å². The van der Waals surface area contributed by atoms with Gasteiger partial charge in [0.05, 0.1) is 20.3 Å². The molecular weight excluding hydrogens is 217 g/mol. The van der Waals surface area contributed by atoms with Crippen LogP contribution in [0.15, 0.2) is 6.07 Å². The highest BCUT2D eigenvalue weighted by Gasteiger charge is 2.22. The van der Waals surface area contributed by atoms with E-state index in [2.05, 4.69) is 0 Å². The minimum atomic E-state index is -1.16. The average Bonchev–Trinajstić information content (AvgIpc) is 2.31. The molecule has 90 valence electrons. The number of methoxy groups -OCH3 is 2. The summed E-state index contributed by atoms with van der Waals surface area (Å²) in [4.78, 5) is 0. The van der Waals surface area contributed by atoms with Crippen LogP contribution in [0.1, 0.15) is 11.7 Å². The van der Waals surface area contributed by atoms with Crippen LogP contribution >= 0.6 is 0 Å². The number of phenolic OH excluding ortho intramolecular Hbond substituents is 1. The Balaban J connectivity index is 3.38. The number of phenols is 1. The van der Waals surface area contributed by atoms with E-state index in [0.717, 1.165) is 0 Å². The van der Waals surface area contributed by atoms with Crippen molar-refractivity contribution in [3.63, 3.8) is 0 Å². The van der Waals surface area contributed by atoms with Gasteiger partial charge >= 0.3 is 0 Å². The second-order valence-electron chi connectivity index (χ2n) is 3.12. The molecule has 0 saturated carbocycles. The molecule has 1 aromatic carbocycles. The Hall–Kier alpha value is -1.53. The highest BCUT2D eigenvalue weighted by molar-refractivity contribution is 5.52. The predicted molar refractivity (Wildman–Crippen MR) is 55.2 cm³/mol. The highest BCUT2D eigenvalue weighted by atomic mass is 19.1. The summed E-state index contributed by atoms with van der Waals surface area (Å²) in [7, 11) is 2.58. The molecule has 16 heavy (non-hydrogen) atoms. The number of halogens is 1. The molecule has 0 heterocycles. The number of aliphatic hydroxyl groups excluding tert-OH is 1. The van der Waals surface area contributed by atoms with Gasteiger partial charge in [0.15, 0.2) is 11.5 Å². The van der Waals surface area contributed by atoms with E-state index in [1.807, 2.05) is 0 Å². The summed E-state index contributed by atoms with van der Waals surface area (Å²) >= 11 is 0. The number of benzene rings is 1. The van der Waals surface area contributed by atoms with Gasteiger partial charge < -0.3 is 25.4 Å². The maximum Gasteiger partial charge on any atom is 0.210 e. The molecule has 1 atom stereocenters. The fourth-order valence-corrected chi connectivity index (χ4v) is 1.34. The zero-order chi connectivity index (χ0) is 12.3. The third-order valence-electron chi connectivity index (χ3n) is 2.20. The first kappa shape index (κ1) is 12.5. The fourth-order valence-electron chi connectivity index (χ4n) is 1.34. The lowest BCUT2D eigenvalue weighted by atomic mass is 10.1. The largest absolute Gasteiger partial charge is 0.504 e. The van der Waals surface area contributed by atoms with E-state index in [0.29, 0.717) is 0 Å². The van der Waals surface area contributed by atoms with E-state index >= 15 is 0 Å². The first-order valence-electron chi connectivity index (χ1n) is 4.58. The third-order valence-corrected chi connectivity index (χ3v) is 2.20. The standard InChI is InChI=1S/C10H14FNO4/c1-15-7-3-5(6(13)4-12)9(14)8(11)10(7)16-2/h3,6,13-14H,4,12H2,1-2H3. The molecule has 0 aliphatic carbocycles. The summed E-state index contributed by atoms with van der Waals surface area (Å²) in [6, 6.07) is 1.29. The summed E-state index contributed by atoms with van der Waals surface area (Å²) in [5.74, 6) is -1.80. The van der Waals surface area contributed by atoms with Crippen LogP contribution in [0.2, 0.25) is 0 Å². The zero-order valence-corrected chi connectivity index (χ0v) is 9.03. The highest BCUT2D eigenvalue weighted by Crippen LogP contribution is 2.40. The van der Waals surface area contributed by atoms with Crippen molar-refractivity contribution in [2.45, 2.75) is 6.10 Å². The number of ether oxygens (including phenoxy) is 2. The van der Waals surface area contributed by atoms with E-state index in [9.17, 15) is 14.6 Å².